The van der Waals surface area contributed by atoms with E-state index in [1.807, 2.05) is 0 Å². The maximum atomic E-state index is 12.7. The topological polar surface area (TPSA) is 548 Å². The Morgan fingerprint density at radius 2 is 1.23 bits per heavy atom. The van der Waals surface area contributed by atoms with E-state index in [2.05, 4.69) is 73.8 Å². The number of amidine groups is 2. The van der Waals surface area contributed by atoms with Crippen molar-refractivity contribution in [2.75, 3.05) is 39.4 Å². The van der Waals surface area contributed by atoms with Crippen LogP contribution < -0.4 is 80.0 Å². The van der Waals surface area contributed by atoms with Crippen molar-refractivity contribution in [3.05, 3.63) is 0 Å². The molecule has 0 saturated carbocycles. The molecule has 434 valence electrons. The van der Waals surface area contributed by atoms with Gasteiger partial charge in [0.05, 0.1) is 49.3 Å². The number of nitrogens with two attached hydrogens (primary N) is 7. The number of halogens is 4. The number of β-amino-alcohol motifs (C(OH)–C–C–N with tert-alkyl or cyclic N) is 1. The molecule has 18 atom stereocenters. The second kappa shape index (κ2) is 34.7. The summed E-state index contributed by atoms with van der Waals surface area (Å²) in [6, 6.07) is -4.95. The van der Waals surface area contributed by atoms with Gasteiger partial charge in [0.15, 0.2) is 24.7 Å². The van der Waals surface area contributed by atoms with Crippen LogP contribution in [0.3, 0.4) is 0 Å². The summed E-state index contributed by atoms with van der Waals surface area (Å²) >= 11 is 5.30. The number of hydrogen-bond acceptors (Lipinski definition) is 23. The number of primary amides is 2. The van der Waals surface area contributed by atoms with E-state index in [1.165, 1.54) is 0 Å². The van der Waals surface area contributed by atoms with Gasteiger partial charge in [-0.15, -0.1) is 24.0 Å². The van der Waals surface area contributed by atoms with Gasteiger partial charge in [-0.05, 0) is 38.8 Å². The maximum Gasteiger partial charge on any atom is 0.404 e. The van der Waals surface area contributed by atoms with E-state index >= 15 is 0 Å². The van der Waals surface area contributed by atoms with Crippen molar-refractivity contribution in [2.24, 2.45) is 62.0 Å². The van der Waals surface area contributed by atoms with Gasteiger partial charge in [0.25, 0.3) is 0 Å². The Labute approximate surface area is 478 Å². The predicted molar refractivity (Wildman–Crippen MR) is 288 cm³/mol. The summed E-state index contributed by atoms with van der Waals surface area (Å²) in [5.74, 6) is -3.66. The number of carbonyl (C=O) groups excluding carboxylic acids is 5. The monoisotopic (exact) mass is 1530 g/mol. The average molecular weight is 1530 g/mol. The minimum atomic E-state index is -1.61. The molecule has 5 saturated heterocycles. The van der Waals surface area contributed by atoms with Crippen LogP contribution >= 0.6 is 61.2 Å². The Kier molecular flexibility index (Phi) is 31.9. The first kappa shape index (κ1) is 68.9. The molecule has 0 bridgehead atoms. The second-order valence-corrected chi connectivity index (χ2v) is 34.1. The number of fused-ring (bicyclic) bond motifs is 1. The number of carboxylic acid groups (broad SMARTS) is 1. The number of hydrogen-bond donors (Lipinski definition) is 19. The summed E-state index contributed by atoms with van der Waals surface area (Å²) < 4.78 is 21.3. The normalized spacial score (nSPS) is 33.2. The fourth-order valence-electron chi connectivity index (χ4n) is 8.88. The first-order chi connectivity index (χ1) is 35.1. The molecule has 31 nitrogen and oxygen atoms in total. The van der Waals surface area contributed by atoms with Gasteiger partial charge < -0.3 is 121 Å². The number of aliphatic carboxylic acids is 1. The molecular weight excluding hydrogens is 1460 g/mol. The van der Waals surface area contributed by atoms with Crippen molar-refractivity contribution < 1.29 is 96.7 Å². The molecule has 5 aliphatic heterocycles. The Morgan fingerprint density at radius 1 is 0.787 bits per heavy atom. The fraction of sp³-hybridized carbons (Fsp3) is 0.800. The zero-order valence-electron chi connectivity index (χ0n) is 40.5. The molecule has 35 heteroatoms. The molecule has 0 radical (unpaired) electrons. The maximum absolute atomic E-state index is 12.7. The number of aliphatic imine (C=N–C) groups is 2. The van der Waals surface area contributed by atoms with Crippen LogP contribution in [-0.2, 0) is 38.1 Å². The van der Waals surface area contributed by atoms with Gasteiger partial charge in [0, 0.05) is 50.9 Å². The number of carboxylic acids is 1. The molecule has 18 unspecified atom stereocenters. The Hall–Kier alpha value is -2.24. The summed E-state index contributed by atoms with van der Waals surface area (Å²) in [6.07, 6.45) is -13.3. The minimum absolute atomic E-state index is 0. The molecule has 5 heterocycles. The quantitative estimate of drug-likeness (QED) is 0.0475. The van der Waals surface area contributed by atoms with E-state index in [0.29, 0.717) is 57.9 Å². The van der Waals surface area contributed by atoms with Crippen LogP contribution in [0.25, 0.3) is 0 Å². The summed E-state index contributed by atoms with van der Waals surface area (Å²) in [6.45, 7) is -0.596. The molecule has 26 N–H and O–H groups in total. The number of ether oxygens (including phenoxy) is 4. The van der Waals surface area contributed by atoms with Crippen molar-refractivity contribution in [1.82, 2.24) is 26.6 Å². The third kappa shape index (κ3) is 21.1. The standard InChI is InChI=1S/C20H37N7O9.C20H35N7O8.I3.HI/c21-3-1-2-8(23)4-13(30)27-15-16(31)17(36-20(24)34)11(7-28)35-18(15)26-12-5-9(19(32)33)14(25-12)10(29)6-22;21-3-1-2-8(22)4-13(30)27-15-16(31)17(35-20(23)33)11(7-28)34-19(15)26-12-5-9-14(25-12)10(29)6-24-18(9)32;1-3-2;/h8-11,14-18,28-29,31H,1-7,21-23H2,(H2,24,34)(H,25,26)(H,27,30)(H,32,33);8-11,14-17,19,28-29,31H,1-7,21-22H2,(H2,23,33)(H,24,32)(H,25,26)(H,27,30);;1H/q;;-1;. The van der Waals surface area contributed by atoms with E-state index in [4.69, 9.17) is 59.1 Å². The molecule has 0 aromatic heterocycles. The van der Waals surface area contributed by atoms with E-state index in [-0.39, 0.29) is 74.5 Å². The minimum Gasteiger partial charge on any atom is -0.481 e. The Bertz CT molecular complexity index is 1910. The van der Waals surface area contributed by atoms with Crippen LogP contribution in [0.4, 0.5) is 9.59 Å². The van der Waals surface area contributed by atoms with Crippen molar-refractivity contribution in [3.8, 4) is 0 Å². The number of nitrogens with zero attached hydrogens (tertiary/aromatic N) is 2. The number of amides is 5. The molecule has 0 spiro atoms. The van der Waals surface area contributed by atoms with Crippen LogP contribution in [0.5, 0.6) is 0 Å². The van der Waals surface area contributed by atoms with Crippen LogP contribution in [0.15, 0.2) is 9.98 Å². The van der Waals surface area contributed by atoms with Gasteiger partial charge in [-0.1, -0.05) is 0 Å². The third-order valence-electron chi connectivity index (χ3n) is 12.5. The van der Waals surface area contributed by atoms with Crippen molar-refractivity contribution in [3.63, 3.8) is 0 Å². The zero-order chi connectivity index (χ0) is 55.4. The number of rotatable bonds is 21. The van der Waals surface area contributed by atoms with Gasteiger partial charge in [-0.2, -0.15) is 0 Å². The number of aliphatic hydroxyl groups excluding tert-OH is 6. The van der Waals surface area contributed by atoms with Gasteiger partial charge in [0.2, 0.25) is 17.7 Å². The van der Waals surface area contributed by atoms with E-state index < -0.39 is 153 Å². The van der Waals surface area contributed by atoms with E-state index in [0.717, 1.165) is 0 Å². The number of carbonyl (C=O) groups is 6. The van der Waals surface area contributed by atoms with Crippen molar-refractivity contribution in [2.45, 2.75) is 149 Å². The molecule has 5 amide bonds. The molecule has 5 aliphatic rings. The molecule has 0 aromatic rings. The van der Waals surface area contributed by atoms with Crippen LogP contribution in [0, 0.1) is 11.8 Å². The third-order valence-corrected chi connectivity index (χ3v) is 12.5. The van der Waals surface area contributed by atoms with Crippen molar-refractivity contribution >= 4 is 109 Å². The second-order valence-electron chi connectivity index (χ2n) is 17.9. The van der Waals surface area contributed by atoms with Crippen LogP contribution in [0.2, 0.25) is 0 Å². The molecule has 0 aliphatic carbocycles. The fourth-order valence-corrected chi connectivity index (χ4v) is 8.88. The van der Waals surface area contributed by atoms with E-state index in [1.54, 1.807) is 0 Å². The first-order valence-corrected chi connectivity index (χ1v) is 36.1. The Balaban J connectivity index is 0.000000482. The first-order valence-electron chi connectivity index (χ1n) is 23.5. The van der Waals surface area contributed by atoms with Gasteiger partial charge in [-0.3, -0.25) is 19.2 Å². The Morgan fingerprint density at radius 3 is 1.60 bits per heavy atom. The number of nitrogens with one attached hydrogen (secondary N) is 5. The number of aliphatic hydroxyl groups is 6. The SMILES string of the molecule is I.I[I-]I.NCCCC(N)CC(=O)NC1C(N=C2CC(C(=O)O)C(C(O)CN)N2)OC(CO)C(OC(N)=O)C1O.NCCCC(N)CC(=O)NC1C(N=C2CC3C(=O)NCC(O)C3N2)OC(CO)C(OC(N)=O)C1O. The largest absolute Gasteiger partial charge is 0.481 e. The van der Waals surface area contributed by atoms with Gasteiger partial charge in [0.1, 0.15) is 48.2 Å². The van der Waals surface area contributed by atoms with Crippen molar-refractivity contribution in [1.29, 1.82) is 0 Å². The molecule has 5 rings (SSSR count). The molecule has 5 fully saturated rings. The van der Waals surface area contributed by atoms with Gasteiger partial charge >= 0.3 is 68.6 Å². The average Bonchev–Trinajstić information content (AvgIpc) is 3.98. The van der Waals surface area contributed by atoms with Crippen LogP contribution in [-0.4, -0.2) is 220 Å². The summed E-state index contributed by atoms with van der Waals surface area (Å²) in [4.78, 5) is 80.6. The predicted octanol–water partition coefficient (Wildman–Crippen LogP) is -10.0. The van der Waals surface area contributed by atoms with E-state index in [9.17, 15) is 64.5 Å². The molecule has 0 aromatic carbocycles. The summed E-state index contributed by atoms with van der Waals surface area (Å²) in [7, 11) is 0. The smallest absolute Gasteiger partial charge is 0.404 e. The van der Waals surface area contributed by atoms with Gasteiger partial charge in [-0.25, -0.2) is 19.6 Å². The van der Waals surface area contributed by atoms with Crippen LogP contribution in [0.1, 0.15) is 51.4 Å². The number of piperidine rings is 1. The molecular formula is C40H73I4N14O17-. The summed E-state index contributed by atoms with van der Waals surface area (Å²) in [5, 5.41) is 84.8. The zero-order valence-corrected chi connectivity index (χ0v) is 49.3. The summed E-state index contributed by atoms with van der Waals surface area (Å²) in [5.41, 5.74) is 38.5. The molecule has 75 heavy (non-hydrogen) atoms.